The molecule has 3 heteroatoms. The lowest BCUT2D eigenvalue weighted by atomic mass is 10.0. The van der Waals surface area contributed by atoms with Gasteiger partial charge in [-0.05, 0) is 28.8 Å². The van der Waals surface area contributed by atoms with Gasteiger partial charge < -0.3 is 10.5 Å². The van der Waals surface area contributed by atoms with E-state index < -0.39 is 0 Å². The number of ether oxygens (including phenoxy) is 1. The minimum atomic E-state index is -0.321. The number of rotatable bonds is 4. The molecule has 0 fully saturated rings. The number of carbonyl (C=O) groups excluding carboxylic acids is 1. The first kappa shape index (κ1) is 12.2. The summed E-state index contributed by atoms with van der Waals surface area (Å²) in [6.45, 7) is 0. The molecule has 92 valence electrons. The van der Waals surface area contributed by atoms with E-state index in [1.54, 1.807) is 7.11 Å². The number of hydrogen-bond acceptors (Lipinski definition) is 2. The van der Waals surface area contributed by atoms with Gasteiger partial charge in [0.2, 0.25) is 5.91 Å². The molecule has 2 aromatic rings. The highest BCUT2D eigenvalue weighted by atomic mass is 16.5. The van der Waals surface area contributed by atoms with E-state index in [1.807, 2.05) is 48.5 Å². The van der Waals surface area contributed by atoms with Crippen LogP contribution in [0.15, 0.2) is 48.5 Å². The van der Waals surface area contributed by atoms with Crippen molar-refractivity contribution >= 4 is 5.91 Å². The predicted octanol–water partition coefficient (Wildman–Crippen LogP) is 2.39. The number of primary amides is 1. The van der Waals surface area contributed by atoms with Gasteiger partial charge in [-0.2, -0.15) is 0 Å². The fourth-order valence-electron chi connectivity index (χ4n) is 1.86. The molecule has 1 amide bonds. The van der Waals surface area contributed by atoms with E-state index in [2.05, 4.69) is 0 Å². The Bertz CT molecular complexity index is 564. The minimum absolute atomic E-state index is 0.262. The molecular formula is C15H15NO2. The molecule has 0 radical (unpaired) electrons. The first-order valence-corrected chi connectivity index (χ1v) is 5.71. The molecule has 0 aliphatic carbocycles. The molecule has 0 saturated carbocycles. The van der Waals surface area contributed by atoms with Crippen LogP contribution < -0.4 is 10.5 Å². The fourth-order valence-corrected chi connectivity index (χ4v) is 1.86. The quantitative estimate of drug-likeness (QED) is 0.893. The molecule has 0 heterocycles. The lowest BCUT2D eigenvalue weighted by Gasteiger charge is -2.06. The molecule has 0 aromatic heterocycles. The van der Waals surface area contributed by atoms with E-state index in [1.165, 1.54) is 0 Å². The van der Waals surface area contributed by atoms with Crippen molar-refractivity contribution in [1.82, 2.24) is 0 Å². The summed E-state index contributed by atoms with van der Waals surface area (Å²) >= 11 is 0. The van der Waals surface area contributed by atoms with E-state index >= 15 is 0 Å². The second-order valence-electron chi connectivity index (χ2n) is 4.08. The Morgan fingerprint density at radius 3 is 2.44 bits per heavy atom. The fraction of sp³-hybridized carbons (Fsp3) is 0.133. The van der Waals surface area contributed by atoms with Gasteiger partial charge >= 0.3 is 0 Å². The van der Waals surface area contributed by atoms with Gasteiger partial charge in [0.15, 0.2) is 0 Å². The number of amides is 1. The molecular weight excluding hydrogens is 226 g/mol. The zero-order valence-electron chi connectivity index (χ0n) is 10.2. The third-order valence-electron chi connectivity index (χ3n) is 2.71. The SMILES string of the molecule is COc1cccc(-c2cccc(CC(N)=O)c2)c1. The van der Waals surface area contributed by atoms with Crippen LogP contribution in [0.5, 0.6) is 5.75 Å². The molecule has 0 saturated heterocycles. The zero-order valence-corrected chi connectivity index (χ0v) is 10.2. The molecule has 2 N–H and O–H groups in total. The van der Waals surface area contributed by atoms with Gasteiger partial charge in [0.05, 0.1) is 13.5 Å². The highest BCUT2D eigenvalue weighted by Gasteiger charge is 2.03. The molecule has 0 aliphatic rings. The Labute approximate surface area is 106 Å². The van der Waals surface area contributed by atoms with Crippen molar-refractivity contribution in [2.75, 3.05) is 7.11 Å². The molecule has 0 aliphatic heterocycles. The van der Waals surface area contributed by atoms with E-state index in [-0.39, 0.29) is 12.3 Å². The van der Waals surface area contributed by atoms with E-state index in [9.17, 15) is 4.79 Å². The van der Waals surface area contributed by atoms with E-state index in [4.69, 9.17) is 10.5 Å². The van der Waals surface area contributed by atoms with Gasteiger partial charge in [-0.15, -0.1) is 0 Å². The monoisotopic (exact) mass is 241 g/mol. The third kappa shape index (κ3) is 2.88. The average molecular weight is 241 g/mol. The van der Waals surface area contributed by atoms with Crippen molar-refractivity contribution in [2.24, 2.45) is 5.73 Å². The number of hydrogen-bond donors (Lipinski definition) is 1. The Balaban J connectivity index is 2.34. The Morgan fingerprint density at radius 1 is 1.11 bits per heavy atom. The highest BCUT2D eigenvalue weighted by molar-refractivity contribution is 5.77. The number of benzene rings is 2. The lowest BCUT2D eigenvalue weighted by Crippen LogP contribution is -2.13. The standard InChI is InChI=1S/C15H15NO2/c1-18-14-7-3-6-13(10-14)12-5-2-4-11(8-12)9-15(16)17/h2-8,10H,9H2,1H3,(H2,16,17). The number of carbonyl (C=O) groups is 1. The summed E-state index contributed by atoms with van der Waals surface area (Å²) in [7, 11) is 1.64. The second kappa shape index (κ2) is 5.36. The number of nitrogens with two attached hydrogens (primary N) is 1. The van der Waals surface area contributed by atoms with Crippen LogP contribution >= 0.6 is 0 Å². The van der Waals surface area contributed by atoms with Gasteiger partial charge in [-0.3, -0.25) is 4.79 Å². The smallest absolute Gasteiger partial charge is 0.221 e. The van der Waals surface area contributed by atoms with Crippen molar-refractivity contribution in [3.63, 3.8) is 0 Å². The van der Waals surface area contributed by atoms with Crippen molar-refractivity contribution in [3.8, 4) is 16.9 Å². The van der Waals surface area contributed by atoms with Crippen molar-refractivity contribution in [1.29, 1.82) is 0 Å². The molecule has 0 atom stereocenters. The minimum Gasteiger partial charge on any atom is -0.497 e. The summed E-state index contributed by atoms with van der Waals surface area (Å²) in [5.41, 5.74) is 8.22. The maximum atomic E-state index is 10.9. The highest BCUT2D eigenvalue weighted by Crippen LogP contribution is 2.24. The van der Waals surface area contributed by atoms with Crippen LogP contribution in [0.25, 0.3) is 11.1 Å². The van der Waals surface area contributed by atoms with Crippen LogP contribution in [-0.2, 0) is 11.2 Å². The Morgan fingerprint density at radius 2 is 1.78 bits per heavy atom. The molecule has 0 unspecified atom stereocenters. The summed E-state index contributed by atoms with van der Waals surface area (Å²) in [5.74, 6) is 0.491. The zero-order chi connectivity index (χ0) is 13.0. The van der Waals surface area contributed by atoms with Crippen molar-refractivity contribution in [3.05, 3.63) is 54.1 Å². The van der Waals surface area contributed by atoms with Crippen LogP contribution in [0.2, 0.25) is 0 Å². The summed E-state index contributed by atoms with van der Waals surface area (Å²) < 4.78 is 5.20. The first-order valence-electron chi connectivity index (χ1n) is 5.71. The van der Waals surface area contributed by atoms with Crippen LogP contribution in [0.1, 0.15) is 5.56 Å². The van der Waals surface area contributed by atoms with Gasteiger partial charge in [0.1, 0.15) is 5.75 Å². The Hall–Kier alpha value is -2.29. The van der Waals surface area contributed by atoms with Gasteiger partial charge in [0, 0.05) is 0 Å². The summed E-state index contributed by atoms with van der Waals surface area (Å²) in [4.78, 5) is 10.9. The average Bonchev–Trinajstić information content (AvgIpc) is 2.38. The molecule has 18 heavy (non-hydrogen) atoms. The first-order chi connectivity index (χ1) is 8.69. The molecule has 3 nitrogen and oxygen atoms in total. The van der Waals surface area contributed by atoms with Crippen LogP contribution in [0.3, 0.4) is 0 Å². The topological polar surface area (TPSA) is 52.3 Å². The Kier molecular flexibility index (Phi) is 3.63. The molecule has 2 aromatic carbocycles. The predicted molar refractivity (Wildman–Crippen MR) is 71.3 cm³/mol. The van der Waals surface area contributed by atoms with E-state index in [0.29, 0.717) is 0 Å². The normalized spacial score (nSPS) is 10.1. The van der Waals surface area contributed by atoms with Crippen LogP contribution in [-0.4, -0.2) is 13.0 Å². The van der Waals surface area contributed by atoms with Gasteiger partial charge in [0.25, 0.3) is 0 Å². The molecule has 0 bridgehead atoms. The van der Waals surface area contributed by atoms with Crippen molar-refractivity contribution < 1.29 is 9.53 Å². The van der Waals surface area contributed by atoms with Crippen molar-refractivity contribution in [2.45, 2.75) is 6.42 Å². The van der Waals surface area contributed by atoms with Crippen LogP contribution in [0, 0.1) is 0 Å². The molecule has 0 spiro atoms. The largest absolute Gasteiger partial charge is 0.497 e. The maximum absolute atomic E-state index is 10.9. The maximum Gasteiger partial charge on any atom is 0.221 e. The molecule has 2 rings (SSSR count). The van der Waals surface area contributed by atoms with Crippen LogP contribution in [0.4, 0.5) is 0 Å². The third-order valence-corrected chi connectivity index (χ3v) is 2.71. The summed E-state index contributed by atoms with van der Waals surface area (Å²) in [6, 6.07) is 15.6. The lowest BCUT2D eigenvalue weighted by molar-refractivity contribution is -0.117. The second-order valence-corrected chi connectivity index (χ2v) is 4.08. The number of methoxy groups -OCH3 is 1. The van der Waals surface area contributed by atoms with Gasteiger partial charge in [-0.25, -0.2) is 0 Å². The summed E-state index contributed by atoms with van der Waals surface area (Å²) in [5, 5.41) is 0. The van der Waals surface area contributed by atoms with Gasteiger partial charge in [-0.1, -0.05) is 36.4 Å². The van der Waals surface area contributed by atoms with E-state index in [0.717, 1.165) is 22.4 Å². The summed E-state index contributed by atoms with van der Waals surface area (Å²) in [6.07, 6.45) is 0.262.